The van der Waals surface area contributed by atoms with E-state index in [4.69, 9.17) is 0 Å². The predicted octanol–water partition coefficient (Wildman–Crippen LogP) is 0.407. The van der Waals surface area contributed by atoms with E-state index >= 15 is 0 Å². The van der Waals surface area contributed by atoms with Gasteiger partial charge in [-0.05, 0) is 12.1 Å². The van der Waals surface area contributed by atoms with Gasteiger partial charge in [-0.25, -0.2) is 5.01 Å². The van der Waals surface area contributed by atoms with Gasteiger partial charge in [0.1, 0.15) is 6.29 Å². The molecule has 1 heterocycles. The minimum absolute atomic E-state index is 0.412. The van der Waals surface area contributed by atoms with Crippen molar-refractivity contribution in [2.45, 2.75) is 13.0 Å². The van der Waals surface area contributed by atoms with Gasteiger partial charge in [-0.3, -0.25) is 9.59 Å². The summed E-state index contributed by atoms with van der Waals surface area (Å²) >= 11 is 0. The monoisotopic (exact) mass is 232 g/mol. The van der Waals surface area contributed by atoms with Crippen LogP contribution in [0.3, 0.4) is 0 Å². The molecule has 1 aliphatic heterocycles. The lowest BCUT2D eigenvalue weighted by Gasteiger charge is -2.27. The molecule has 5 heteroatoms. The normalized spacial score (nSPS) is 21.0. The number of aldehydes is 1. The molecule has 2 rings (SSSR count). The Balaban J connectivity index is 2.43. The molecular weight excluding hydrogens is 220 g/mol. The van der Waals surface area contributed by atoms with Gasteiger partial charge in [0.05, 0.1) is 5.69 Å². The van der Waals surface area contributed by atoms with Crippen molar-refractivity contribution in [1.29, 1.82) is 0 Å². The van der Waals surface area contributed by atoms with E-state index in [1.165, 1.54) is 10.0 Å². The molecule has 0 spiro atoms. The molecule has 0 N–H and O–H groups in total. The summed E-state index contributed by atoms with van der Waals surface area (Å²) in [6.07, 6.45) is 0.507. The molecule has 1 saturated heterocycles. The van der Waals surface area contributed by atoms with Gasteiger partial charge in [0, 0.05) is 6.54 Å². The summed E-state index contributed by atoms with van der Waals surface area (Å²) < 4.78 is 0. The van der Waals surface area contributed by atoms with Crippen LogP contribution in [0.1, 0.15) is 6.92 Å². The van der Waals surface area contributed by atoms with Crippen LogP contribution in [0.15, 0.2) is 30.3 Å². The third kappa shape index (κ3) is 1.74. The summed E-state index contributed by atoms with van der Waals surface area (Å²) in [7, 11) is 0. The zero-order valence-corrected chi connectivity index (χ0v) is 9.37. The van der Waals surface area contributed by atoms with E-state index in [0.717, 1.165) is 0 Å². The van der Waals surface area contributed by atoms with Crippen molar-refractivity contribution in [2.24, 2.45) is 0 Å². The van der Waals surface area contributed by atoms with Crippen molar-refractivity contribution < 1.29 is 14.4 Å². The zero-order chi connectivity index (χ0) is 12.4. The average Bonchev–Trinajstić information content (AvgIpc) is 2.62. The number of hydrogen-bond donors (Lipinski definition) is 0. The van der Waals surface area contributed by atoms with Gasteiger partial charge in [-0.1, -0.05) is 25.1 Å². The van der Waals surface area contributed by atoms with E-state index in [1.54, 1.807) is 31.2 Å². The number of hydrazine groups is 1. The first kappa shape index (κ1) is 11.5. The second kappa shape index (κ2) is 4.47. The highest BCUT2D eigenvalue weighted by atomic mass is 16.2. The van der Waals surface area contributed by atoms with Gasteiger partial charge in [-0.2, -0.15) is 5.01 Å². The molecule has 1 fully saturated rings. The number of likely N-dealkylation sites (N-methyl/N-ethyl adjacent to an activating group) is 1. The van der Waals surface area contributed by atoms with Gasteiger partial charge in [0.15, 0.2) is 6.04 Å². The molecule has 0 radical (unpaired) electrons. The number of nitrogens with zero attached hydrogens (tertiary/aromatic N) is 2. The number of hydrogen-bond acceptors (Lipinski definition) is 4. The Morgan fingerprint density at radius 2 is 1.88 bits per heavy atom. The first-order valence-electron chi connectivity index (χ1n) is 5.36. The van der Waals surface area contributed by atoms with Crippen LogP contribution < -0.4 is 5.01 Å². The second-order valence-corrected chi connectivity index (χ2v) is 3.65. The molecule has 88 valence electrons. The maximum Gasteiger partial charge on any atom is 0.311 e. The van der Waals surface area contributed by atoms with Gasteiger partial charge in [0.25, 0.3) is 0 Å². The highest BCUT2D eigenvalue weighted by Gasteiger charge is 2.45. The Hall–Kier alpha value is -2.01. The SMILES string of the molecule is CCN1C(C=O)C(=O)C(=O)N1c1ccccc1. The second-order valence-electron chi connectivity index (χ2n) is 3.65. The fraction of sp³-hybridized carbons (Fsp3) is 0.250. The van der Waals surface area contributed by atoms with Crippen LogP contribution in [0.5, 0.6) is 0 Å². The van der Waals surface area contributed by atoms with E-state index in [0.29, 0.717) is 18.5 Å². The fourth-order valence-electron chi connectivity index (χ4n) is 1.91. The van der Waals surface area contributed by atoms with Crippen LogP contribution in [0, 0.1) is 0 Å². The van der Waals surface area contributed by atoms with E-state index < -0.39 is 17.7 Å². The molecule has 0 aromatic heterocycles. The number of amides is 1. The van der Waals surface area contributed by atoms with E-state index in [-0.39, 0.29) is 0 Å². The summed E-state index contributed by atoms with van der Waals surface area (Å²) in [4.78, 5) is 34.3. The Bertz CT molecular complexity index is 458. The molecule has 1 aliphatic rings. The molecule has 0 aliphatic carbocycles. The Kier molecular flexibility index (Phi) is 3.01. The van der Waals surface area contributed by atoms with Crippen LogP contribution in [0.4, 0.5) is 5.69 Å². The van der Waals surface area contributed by atoms with Gasteiger partial charge in [0.2, 0.25) is 5.78 Å². The number of carbonyl (C=O) groups is 3. The minimum atomic E-state index is -0.993. The molecule has 1 amide bonds. The average molecular weight is 232 g/mol. The summed E-state index contributed by atoms with van der Waals surface area (Å²) in [5, 5.41) is 2.73. The number of rotatable bonds is 3. The first-order chi connectivity index (χ1) is 8.20. The molecule has 1 atom stereocenters. The summed E-state index contributed by atoms with van der Waals surface area (Å²) in [5.41, 5.74) is 0.594. The largest absolute Gasteiger partial charge is 0.311 e. The Morgan fingerprint density at radius 3 is 2.41 bits per heavy atom. The molecule has 17 heavy (non-hydrogen) atoms. The van der Waals surface area contributed by atoms with Crippen molar-refractivity contribution in [3.63, 3.8) is 0 Å². The lowest BCUT2D eigenvalue weighted by Crippen LogP contribution is -2.43. The lowest BCUT2D eigenvalue weighted by molar-refractivity contribution is -0.135. The van der Waals surface area contributed by atoms with Crippen LogP contribution >= 0.6 is 0 Å². The quantitative estimate of drug-likeness (QED) is 0.430. The summed E-state index contributed by atoms with van der Waals surface area (Å²) in [6.45, 7) is 2.20. The standard InChI is InChI=1S/C12H12N2O3/c1-2-13-10(8-15)11(16)12(17)14(13)9-6-4-3-5-7-9/h3-8,10H,2H2,1H3. The van der Waals surface area contributed by atoms with Crippen molar-refractivity contribution in [1.82, 2.24) is 5.01 Å². The fourth-order valence-corrected chi connectivity index (χ4v) is 1.91. The molecule has 5 nitrogen and oxygen atoms in total. The molecule has 0 saturated carbocycles. The lowest BCUT2D eigenvalue weighted by atomic mass is 10.2. The highest BCUT2D eigenvalue weighted by molar-refractivity contribution is 6.47. The van der Waals surface area contributed by atoms with Crippen molar-refractivity contribution in [3.05, 3.63) is 30.3 Å². The topological polar surface area (TPSA) is 57.7 Å². The van der Waals surface area contributed by atoms with Gasteiger partial charge >= 0.3 is 5.91 Å². The molecule has 1 unspecified atom stereocenters. The van der Waals surface area contributed by atoms with Crippen molar-refractivity contribution >= 4 is 23.7 Å². The van der Waals surface area contributed by atoms with Crippen LogP contribution in [-0.4, -0.2) is 35.6 Å². The number of Topliss-reactive ketones (excluding diaryl/α,β-unsaturated/α-hetero) is 1. The maximum absolute atomic E-state index is 11.8. The number of carbonyl (C=O) groups excluding carboxylic acids is 3. The minimum Gasteiger partial charge on any atom is -0.301 e. The van der Waals surface area contributed by atoms with Crippen molar-refractivity contribution in [3.8, 4) is 0 Å². The van der Waals surface area contributed by atoms with Gasteiger partial charge < -0.3 is 4.79 Å². The Morgan fingerprint density at radius 1 is 1.24 bits per heavy atom. The van der Waals surface area contributed by atoms with Crippen LogP contribution in [0.2, 0.25) is 0 Å². The van der Waals surface area contributed by atoms with Crippen LogP contribution in [0.25, 0.3) is 0 Å². The van der Waals surface area contributed by atoms with E-state index in [2.05, 4.69) is 0 Å². The third-order valence-electron chi connectivity index (χ3n) is 2.70. The molecular formula is C12H12N2O3. The summed E-state index contributed by atoms with van der Waals surface area (Å²) in [5.74, 6) is -1.33. The summed E-state index contributed by atoms with van der Waals surface area (Å²) in [6, 6.07) is 7.82. The highest BCUT2D eigenvalue weighted by Crippen LogP contribution is 2.23. The predicted molar refractivity (Wildman–Crippen MR) is 61.2 cm³/mol. The van der Waals surface area contributed by atoms with Gasteiger partial charge in [-0.15, -0.1) is 0 Å². The first-order valence-corrected chi connectivity index (χ1v) is 5.36. The number of benzene rings is 1. The molecule has 1 aromatic rings. The molecule has 0 bridgehead atoms. The molecule has 1 aromatic carbocycles. The zero-order valence-electron chi connectivity index (χ0n) is 9.37. The maximum atomic E-state index is 11.8. The number of anilines is 1. The van der Waals surface area contributed by atoms with E-state index in [9.17, 15) is 14.4 Å². The van der Waals surface area contributed by atoms with E-state index in [1.807, 2.05) is 6.07 Å². The third-order valence-corrected chi connectivity index (χ3v) is 2.70. The number of para-hydroxylation sites is 1. The van der Waals surface area contributed by atoms with Crippen molar-refractivity contribution in [2.75, 3.05) is 11.6 Å². The van der Waals surface area contributed by atoms with Crippen LogP contribution in [-0.2, 0) is 14.4 Å². The number of ketones is 1. The Labute approximate surface area is 98.6 Å². The smallest absolute Gasteiger partial charge is 0.301 e.